The number of carbonyl (C=O) groups excluding carboxylic acids is 1. The van der Waals surface area contributed by atoms with E-state index in [4.69, 9.17) is 9.47 Å². The number of amides is 1. The highest BCUT2D eigenvalue weighted by atomic mass is 19.1. The number of para-hydroxylation sites is 1. The number of nitrogens with one attached hydrogen (secondary N) is 1. The Kier molecular flexibility index (Phi) is 6.25. The Balaban J connectivity index is 1.60. The summed E-state index contributed by atoms with van der Waals surface area (Å²) in [6, 6.07) is 7.57. The van der Waals surface area contributed by atoms with E-state index in [1.807, 2.05) is 30.0 Å². The van der Waals surface area contributed by atoms with Crippen LogP contribution in [0.15, 0.2) is 36.5 Å². The van der Waals surface area contributed by atoms with E-state index < -0.39 is 5.82 Å². The van der Waals surface area contributed by atoms with E-state index in [0.717, 1.165) is 5.82 Å². The van der Waals surface area contributed by atoms with Crippen LogP contribution >= 0.6 is 0 Å². The zero-order chi connectivity index (χ0) is 20.1. The maximum absolute atomic E-state index is 13.6. The van der Waals surface area contributed by atoms with Crippen molar-refractivity contribution in [2.24, 2.45) is 0 Å². The van der Waals surface area contributed by atoms with E-state index in [9.17, 15) is 9.18 Å². The van der Waals surface area contributed by atoms with Gasteiger partial charge in [0.15, 0.2) is 18.2 Å². The third-order valence-electron chi connectivity index (χ3n) is 4.46. The zero-order valence-electron chi connectivity index (χ0n) is 16.1. The highest BCUT2D eigenvalue weighted by Crippen LogP contribution is 2.21. The molecule has 1 N–H and O–H groups in total. The number of nitrogens with zero attached hydrogens (tertiary/aromatic N) is 4. The van der Waals surface area contributed by atoms with E-state index >= 15 is 0 Å². The SMILES string of the molecule is CO[C@@H]1CN(c2ccnc(N(C)C)n2)C[C@@H]1NC(=O)COc1ccccc1F. The van der Waals surface area contributed by atoms with Gasteiger partial charge in [0.05, 0.1) is 12.1 Å². The largest absolute Gasteiger partial charge is 0.481 e. The van der Waals surface area contributed by atoms with Crippen LogP contribution in [0.1, 0.15) is 0 Å². The molecule has 0 unspecified atom stereocenters. The summed E-state index contributed by atoms with van der Waals surface area (Å²) < 4.78 is 24.4. The Hall–Kier alpha value is -2.94. The third-order valence-corrected chi connectivity index (χ3v) is 4.46. The maximum Gasteiger partial charge on any atom is 0.258 e. The molecule has 1 amide bonds. The van der Waals surface area contributed by atoms with Crippen LogP contribution in [0.3, 0.4) is 0 Å². The second-order valence-electron chi connectivity index (χ2n) is 6.68. The molecule has 1 aliphatic heterocycles. The number of halogens is 1. The number of anilines is 2. The average Bonchev–Trinajstić information content (AvgIpc) is 3.10. The second kappa shape index (κ2) is 8.83. The van der Waals surface area contributed by atoms with Crippen molar-refractivity contribution in [3.63, 3.8) is 0 Å². The monoisotopic (exact) mass is 389 g/mol. The van der Waals surface area contributed by atoms with Crippen LogP contribution in [0.4, 0.5) is 16.2 Å². The average molecular weight is 389 g/mol. The molecule has 0 saturated carbocycles. The second-order valence-corrected chi connectivity index (χ2v) is 6.68. The number of ether oxygens (including phenoxy) is 2. The quantitative estimate of drug-likeness (QED) is 0.759. The van der Waals surface area contributed by atoms with Crippen LogP contribution in [0.25, 0.3) is 0 Å². The molecular formula is C19H24FN5O3. The van der Waals surface area contributed by atoms with Crippen molar-refractivity contribution >= 4 is 17.7 Å². The van der Waals surface area contributed by atoms with Crippen LogP contribution in [0, 0.1) is 5.82 Å². The summed E-state index contributed by atoms with van der Waals surface area (Å²) in [6.45, 7) is 0.847. The fourth-order valence-electron chi connectivity index (χ4n) is 3.02. The summed E-state index contributed by atoms with van der Waals surface area (Å²) in [5, 5.41) is 2.90. The molecule has 0 bridgehead atoms. The first-order valence-electron chi connectivity index (χ1n) is 8.92. The number of hydrogen-bond donors (Lipinski definition) is 1. The fourth-order valence-corrected chi connectivity index (χ4v) is 3.02. The number of aromatic nitrogens is 2. The first-order chi connectivity index (χ1) is 13.5. The van der Waals surface area contributed by atoms with Crippen molar-refractivity contribution < 1.29 is 18.7 Å². The Morgan fingerprint density at radius 2 is 2.11 bits per heavy atom. The predicted molar refractivity (Wildman–Crippen MR) is 103 cm³/mol. The van der Waals surface area contributed by atoms with E-state index in [0.29, 0.717) is 19.0 Å². The first kappa shape index (κ1) is 19.8. The van der Waals surface area contributed by atoms with Crippen LogP contribution in [-0.4, -0.2) is 68.9 Å². The maximum atomic E-state index is 13.6. The molecule has 1 aromatic heterocycles. The Morgan fingerprint density at radius 1 is 1.32 bits per heavy atom. The minimum atomic E-state index is -0.502. The molecule has 2 aromatic rings. The highest BCUT2D eigenvalue weighted by molar-refractivity contribution is 5.78. The lowest BCUT2D eigenvalue weighted by Crippen LogP contribution is -2.45. The van der Waals surface area contributed by atoms with Gasteiger partial charge in [-0.1, -0.05) is 12.1 Å². The van der Waals surface area contributed by atoms with E-state index in [-0.39, 0.29) is 30.4 Å². The van der Waals surface area contributed by atoms with Crippen molar-refractivity contribution in [3.8, 4) is 5.75 Å². The normalized spacial score (nSPS) is 18.8. The Bertz CT molecular complexity index is 820. The van der Waals surface area contributed by atoms with Gasteiger partial charge in [0.1, 0.15) is 5.82 Å². The minimum absolute atomic E-state index is 0.0474. The molecule has 0 spiro atoms. The van der Waals surface area contributed by atoms with Crippen LogP contribution in [-0.2, 0) is 9.53 Å². The molecule has 2 atom stereocenters. The summed E-state index contributed by atoms with van der Waals surface area (Å²) in [6.07, 6.45) is 1.50. The lowest BCUT2D eigenvalue weighted by atomic mass is 10.2. The van der Waals surface area contributed by atoms with Gasteiger partial charge in [-0.2, -0.15) is 4.98 Å². The standard InChI is InChI=1S/C19H24FN5O3/c1-24(2)19-21-9-8-17(23-19)25-10-14(16(11-25)27-3)22-18(26)12-28-15-7-5-4-6-13(15)20/h4-9,14,16H,10-12H2,1-3H3,(H,22,26)/t14-,16+/m0/s1. The summed E-state index contributed by atoms with van der Waals surface area (Å²) in [5.74, 6) is 0.579. The zero-order valence-corrected chi connectivity index (χ0v) is 16.1. The van der Waals surface area contributed by atoms with Gasteiger partial charge in [0.25, 0.3) is 5.91 Å². The topological polar surface area (TPSA) is 79.8 Å². The third kappa shape index (κ3) is 4.66. The summed E-state index contributed by atoms with van der Waals surface area (Å²) in [5.41, 5.74) is 0. The molecule has 28 heavy (non-hydrogen) atoms. The molecule has 1 saturated heterocycles. The predicted octanol–water partition coefficient (Wildman–Crippen LogP) is 1.08. The lowest BCUT2D eigenvalue weighted by molar-refractivity contribution is -0.124. The summed E-state index contributed by atoms with van der Waals surface area (Å²) >= 11 is 0. The first-order valence-corrected chi connectivity index (χ1v) is 8.92. The lowest BCUT2D eigenvalue weighted by Gasteiger charge is -2.19. The molecule has 150 valence electrons. The van der Waals surface area contributed by atoms with Gasteiger partial charge < -0.3 is 24.6 Å². The van der Waals surface area contributed by atoms with Gasteiger partial charge in [-0.3, -0.25) is 4.79 Å². The van der Waals surface area contributed by atoms with Gasteiger partial charge in [-0.15, -0.1) is 0 Å². The van der Waals surface area contributed by atoms with Gasteiger partial charge >= 0.3 is 0 Å². The minimum Gasteiger partial charge on any atom is -0.481 e. The van der Waals surface area contributed by atoms with E-state index in [1.165, 1.54) is 12.1 Å². The van der Waals surface area contributed by atoms with Crippen molar-refractivity contribution in [2.45, 2.75) is 12.1 Å². The Morgan fingerprint density at radius 3 is 2.82 bits per heavy atom. The molecular weight excluding hydrogens is 365 g/mol. The molecule has 1 aliphatic rings. The van der Waals surface area contributed by atoms with Crippen LogP contribution in [0.5, 0.6) is 5.75 Å². The summed E-state index contributed by atoms with van der Waals surface area (Å²) in [4.78, 5) is 24.9. The van der Waals surface area contributed by atoms with Gasteiger partial charge in [-0.25, -0.2) is 9.37 Å². The molecule has 3 rings (SSSR count). The number of methoxy groups -OCH3 is 1. The smallest absolute Gasteiger partial charge is 0.258 e. The molecule has 0 aliphatic carbocycles. The number of benzene rings is 1. The molecule has 0 radical (unpaired) electrons. The highest BCUT2D eigenvalue weighted by Gasteiger charge is 2.35. The van der Waals surface area contributed by atoms with Gasteiger partial charge in [0.2, 0.25) is 5.95 Å². The van der Waals surface area contributed by atoms with E-state index in [1.54, 1.807) is 25.4 Å². The van der Waals surface area contributed by atoms with Gasteiger partial charge in [0, 0.05) is 40.5 Å². The Labute approximate surface area is 163 Å². The molecule has 1 fully saturated rings. The van der Waals surface area contributed by atoms with Crippen LogP contribution in [0.2, 0.25) is 0 Å². The van der Waals surface area contributed by atoms with E-state index in [2.05, 4.69) is 15.3 Å². The molecule has 9 heteroatoms. The van der Waals surface area contributed by atoms with Crippen molar-refractivity contribution in [1.29, 1.82) is 0 Å². The number of rotatable bonds is 7. The summed E-state index contributed by atoms with van der Waals surface area (Å²) in [7, 11) is 5.35. The fraction of sp³-hybridized carbons (Fsp3) is 0.421. The van der Waals surface area contributed by atoms with Crippen molar-refractivity contribution in [3.05, 3.63) is 42.3 Å². The van der Waals surface area contributed by atoms with Crippen molar-refractivity contribution in [1.82, 2.24) is 15.3 Å². The molecule has 8 nitrogen and oxygen atoms in total. The van der Waals surface area contributed by atoms with Crippen molar-refractivity contribution in [2.75, 3.05) is 50.7 Å². The number of hydrogen-bond acceptors (Lipinski definition) is 7. The molecule has 2 heterocycles. The van der Waals surface area contributed by atoms with Crippen LogP contribution < -0.4 is 19.9 Å². The molecule has 1 aromatic carbocycles. The van der Waals surface area contributed by atoms with Gasteiger partial charge in [-0.05, 0) is 18.2 Å². The number of carbonyl (C=O) groups is 1.